The smallest absolute Gasteiger partial charge is 0.161 e. The zero-order chi connectivity index (χ0) is 18.5. The molecule has 4 nitrogen and oxygen atoms in total. The van der Waals surface area contributed by atoms with Crippen molar-refractivity contribution in [2.75, 3.05) is 27.2 Å². The lowest BCUT2D eigenvalue weighted by atomic mass is 9.55. The van der Waals surface area contributed by atoms with Gasteiger partial charge in [-0.25, -0.2) is 0 Å². The predicted molar refractivity (Wildman–Crippen MR) is 103 cm³/mol. The van der Waals surface area contributed by atoms with Gasteiger partial charge in [-0.15, -0.1) is 0 Å². The minimum atomic E-state index is -0.125. The van der Waals surface area contributed by atoms with E-state index in [1.807, 2.05) is 20.2 Å². The Morgan fingerprint density at radius 1 is 1.19 bits per heavy atom. The normalized spacial score (nSPS) is 35.7. The van der Waals surface area contributed by atoms with E-state index in [-0.39, 0.29) is 17.3 Å². The summed E-state index contributed by atoms with van der Waals surface area (Å²) in [6.07, 6.45) is 6.47. The number of ether oxygens (including phenoxy) is 1. The van der Waals surface area contributed by atoms with Gasteiger partial charge in [-0.05, 0) is 99.0 Å². The first-order valence-corrected chi connectivity index (χ1v) is 10.2. The van der Waals surface area contributed by atoms with Gasteiger partial charge in [-0.1, -0.05) is 6.92 Å². The number of aliphatic hydroxyl groups excluding tert-OH is 1. The summed E-state index contributed by atoms with van der Waals surface area (Å²) in [6, 6.07) is 4.05. The van der Waals surface area contributed by atoms with Crippen LogP contribution in [0.3, 0.4) is 0 Å². The topological polar surface area (TPSA) is 52.9 Å². The van der Waals surface area contributed by atoms with Crippen LogP contribution < -0.4 is 4.74 Å². The molecule has 1 aromatic carbocycles. The molecule has 2 fully saturated rings. The summed E-state index contributed by atoms with van der Waals surface area (Å²) in [5, 5.41) is 20.9. The zero-order valence-corrected chi connectivity index (χ0v) is 16.4. The van der Waals surface area contributed by atoms with Crippen LogP contribution in [0.1, 0.15) is 56.1 Å². The van der Waals surface area contributed by atoms with E-state index < -0.39 is 0 Å². The van der Waals surface area contributed by atoms with Crippen molar-refractivity contribution in [2.24, 2.45) is 17.3 Å². The highest BCUT2D eigenvalue weighted by Gasteiger charge is 2.54. The molecular weight excluding hydrogens is 326 g/mol. The van der Waals surface area contributed by atoms with Crippen molar-refractivity contribution in [3.05, 3.63) is 23.3 Å². The number of aliphatic hydroxyl groups is 1. The third-order valence-electron chi connectivity index (χ3n) is 7.55. The molecule has 0 radical (unpaired) electrons. The molecule has 0 aliphatic heterocycles. The van der Waals surface area contributed by atoms with Crippen molar-refractivity contribution in [2.45, 2.75) is 57.5 Å². The molecule has 4 heteroatoms. The summed E-state index contributed by atoms with van der Waals surface area (Å²) in [4.78, 5) is 2.08. The van der Waals surface area contributed by atoms with Crippen LogP contribution in [-0.2, 0) is 6.42 Å². The molecular formula is C22H33NO3. The zero-order valence-electron chi connectivity index (χ0n) is 16.4. The Morgan fingerprint density at radius 2 is 2.00 bits per heavy atom. The maximum absolute atomic E-state index is 10.5. The first kappa shape index (κ1) is 18.1. The van der Waals surface area contributed by atoms with Crippen molar-refractivity contribution in [1.82, 2.24) is 4.90 Å². The fourth-order valence-electron chi connectivity index (χ4n) is 6.01. The van der Waals surface area contributed by atoms with Gasteiger partial charge in [-0.2, -0.15) is 0 Å². The standard InChI is InChI=1S/C22H33NO3/c1-22-9-8-15-16(18(22)6-7-21(22)25)5-4-14-12-19(24)20(13-17(14)15)26-11-10-23(2)3/h12-13,15-16,18,21,24-25H,4-11H2,1-3H3/t15-,16+,18-,21-,22-/m0/s1. The van der Waals surface area contributed by atoms with Gasteiger partial charge >= 0.3 is 0 Å². The highest BCUT2D eigenvalue weighted by molar-refractivity contribution is 5.49. The molecule has 26 heavy (non-hydrogen) atoms. The van der Waals surface area contributed by atoms with Crippen LogP contribution in [0.15, 0.2) is 12.1 Å². The van der Waals surface area contributed by atoms with E-state index in [1.54, 1.807) is 0 Å². The summed E-state index contributed by atoms with van der Waals surface area (Å²) in [6.45, 7) is 3.73. The average Bonchev–Trinajstić information content (AvgIpc) is 2.90. The molecule has 0 saturated heterocycles. The maximum atomic E-state index is 10.5. The van der Waals surface area contributed by atoms with E-state index in [2.05, 4.69) is 17.9 Å². The van der Waals surface area contributed by atoms with Crippen molar-refractivity contribution < 1.29 is 14.9 Å². The Labute approximate surface area is 157 Å². The largest absolute Gasteiger partial charge is 0.504 e. The van der Waals surface area contributed by atoms with E-state index in [9.17, 15) is 10.2 Å². The molecule has 0 bridgehead atoms. The van der Waals surface area contributed by atoms with Crippen LogP contribution in [-0.4, -0.2) is 48.5 Å². The summed E-state index contributed by atoms with van der Waals surface area (Å²) >= 11 is 0. The molecule has 0 heterocycles. The summed E-state index contributed by atoms with van der Waals surface area (Å²) < 4.78 is 5.89. The lowest BCUT2D eigenvalue weighted by Gasteiger charge is -2.50. The highest BCUT2D eigenvalue weighted by Crippen LogP contribution is 2.61. The molecule has 144 valence electrons. The average molecular weight is 360 g/mol. The van der Waals surface area contributed by atoms with Crippen molar-refractivity contribution >= 4 is 0 Å². The van der Waals surface area contributed by atoms with E-state index in [0.717, 1.165) is 32.2 Å². The Bertz CT molecular complexity index is 674. The number of fused-ring (bicyclic) bond motifs is 5. The Balaban J connectivity index is 1.59. The van der Waals surface area contributed by atoms with Crippen LogP contribution in [0.2, 0.25) is 0 Å². The second kappa shape index (κ2) is 6.72. The number of nitrogens with zero attached hydrogens (tertiary/aromatic N) is 1. The number of hydrogen-bond donors (Lipinski definition) is 2. The molecule has 4 rings (SSSR count). The van der Waals surface area contributed by atoms with E-state index in [1.165, 1.54) is 24.0 Å². The SMILES string of the molecule is CN(C)CCOc1cc2c(cc1O)CC[C@@H]1[C@@H]2CC[C@]2(C)[C@@H](O)CC[C@@H]12. The minimum absolute atomic E-state index is 0.112. The van der Waals surface area contributed by atoms with Gasteiger partial charge in [0.1, 0.15) is 6.61 Å². The van der Waals surface area contributed by atoms with Crippen molar-refractivity contribution in [3.8, 4) is 11.5 Å². The fraction of sp³-hybridized carbons (Fsp3) is 0.727. The molecule has 0 amide bonds. The molecule has 3 aliphatic carbocycles. The van der Waals surface area contributed by atoms with Crippen LogP contribution in [0.5, 0.6) is 11.5 Å². The Morgan fingerprint density at radius 3 is 2.77 bits per heavy atom. The summed E-state index contributed by atoms with van der Waals surface area (Å²) in [7, 11) is 4.05. The quantitative estimate of drug-likeness (QED) is 0.863. The highest BCUT2D eigenvalue weighted by atomic mass is 16.5. The Hall–Kier alpha value is -1.26. The first-order valence-electron chi connectivity index (χ1n) is 10.2. The van der Waals surface area contributed by atoms with Crippen molar-refractivity contribution in [1.29, 1.82) is 0 Å². The number of phenols is 1. The third-order valence-corrected chi connectivity index (χ3v) is 7.55. The summed E-state index contributed by atoms with van der Waals surface area (Å²) in [5.41, 5.74) is 2.80. The first-order chi connectivity index (χ1) is 12.4. The molecule has 0 spiro atoms. The van der Waals surface area contributed by atoms with E-state index >= 15 is 0 Å². The van der Waals surface area contributed by atoms with Gasteiger partial charge in [0.05, 0.1) is 6.10 Å². The fourth-order valence-corrected chi connectivity index (χ4v) is 6.01. The molecule has 1 aromatic rings. The van der Waals surface area contributed by atoms with Gasteiger partial charge in [0, 0.05) is 6.54 Å². The number of aryl methyl sites for hydroxylation is 1. The summed E-state index contributed by atoms with van der Waals surface area (Å²) in [5.74, 6) is 2.76. The lowest BCUT2D eigenvalue weighted by molar-refractivity contribution is -0.0226. The third kappa shape index (κ3) is 2.91. The van der Waals surface area contributed by atoms with Crippen LogP contribution in [0, 0.1) is 17.3 Å². The van der Waals surface area contributed by atoms with Crippen LogP contribution >= 0.6 is 0 Å². The van der Waals surface area contributed by atoms with Gasteiger partial charge in [0.15, 0.2) is 11.5 Å². The second-order valence-electron chi connectivity index (χ2n) is 9.22. The number of rotatable bonds is 4. The van der Waals surface area contributed by atoms with Gasteiger partial charge in [0.2, 0.25) is 0 Å². The molecule has 0 unspecified atom stereocenters. The van der Waals surface area contributed by atoms with Crippen molar-refractivity contribution in [3.63, 3.8) is 0 Å². The number of hydrogen-bond acceptors (Lipinski definition) is 4. The number of benzene rings is 1. The second-order valence-corrected chi connectivity index (χ2v) is 9.22. The number of aromatic hydroxyl groups is 1. The molecule has 0 aromatic heterocycles. The van der Waals surface area contributed by atoms with Gasteiger partial charge in [0.25, 0.3) is 0 Å². The molecule has 2 saturated carbocycles. The van der Waals surface area contributed by atoms with E-state index in [0.29, 0.717) is 30.1 Å². The van der Waals surface area contributed by atoms with Gasteiger partial charge in [-0.3, -0.25) is 0 Å². The van der Waals surface area contributed by atoms with Crippen LogP contribution in [0.25, 0.3) is 0 Å². The Kier molecular flexibility index (Phi) is 4.68. The van der Waals surface area contributed by atoms with Crippen LogP contribution in [0.4, 0.5) is 0 Å². The number of phenolic OH excluding ortho intramolecular Hbond substituents is 1. The molecule has 2 N–H and O–H groups in total. The minimum Gasteiger partial charge on any atom is -0.504 e. The van der Waals surface area contributed by atoms with E-state index in [4.69, 9.17) is 4.74 Å². The maximum Gasteiger partial charge on any atom is 0.161 e. The predicted octanol–water partition coefficient (Wildman–Crippen LogP) is 3.55. The van der Waals surface area contributed by atoms with Gasteiger partial charge < -0.3 is 19.8 Å². The molecule has 5 atom stereocenters. The lowest BCUT2D eigenvalue weighted by Crippen LogP contribution is -2.43. The monoisotopic (exact) mass is 359 g/mol. The molecule has 3 aliphatic rings. The number of likely N-dealkylation sites (N-methyl/N-ethyl adjacent to an activating group) is 1.